The van der Waals surface area contributed by atoms with E-state index in [4.69, 9.17) is 4.74 Å². The number of carbonyl (C=O) groups excluding carboxylic acids is 1. The fraction of sp³-hybridized carbons (Fsp3) is 0.211. The number of nitro groups is 1. The molecule has 2 aromatic rings. The molecule has 11 heteroatoms. The molecule has 0 unspecified atom stereocenters. The van der Waals surface area contributed by atoms with E-state index < -0.39 is 33.6 Å². The highest BCUT2D eigenvalue weighted by atomic mass is 16.6. The molecule has 0 spiro atoms. The number of hydrogen-bond acceptors (Lipinski definition) is 8. The van der Waals surface area contributed by atoms with Crippen LogP contribution in [0.25, 0.3) is 5.76 Å². The molecular formula is C19H18N4O7. The smallest absolute Gasteiger partial charge is 0.315 e. The highest BCUT2D eigenvalue weighted by Crippen LogP contribution is 2.38. The first-order valence-electron chi connectivity index (χ1n) is 8.41. The predicted molar refractivity (Wildman–Crippen MR) is 105 cm³/mol. The Morgan fingerprint density at radius 2 is 2.10 bits per heavy atom. The number of aromatic nitrogens is 1. The van der Waals surface area contributed by atoms with Crippen LogP contribution in [0.2, 0.25) is 0 Å². The number of carbonyl (C=O) groups is 1. The van der Waals surface area contributed by atoms with Gasteiger partial charge in [-0.1, -0.05) is 6.07 Å². The summed E-state index contributed by atoms with van der Waals surface area (Å²) in [4.78, 5) is 36.1. The number of aliphatic hydroxyl groups is 1. The summed E-state index contributed by atoms with van der Waals surface area (Å²) in [6, 6.07) is 6.58. The van der Waals surface area contributed by atoms with Crippen LogP contribution in [0.3, 0.4) is 0 Å². The number of ether oxygens (including phenoxy) is 1. The lowest BCUT2D eigenvalue weighted by molar-refractivity contribution is -0.386. The summed E-state index contributed by atoms with van der Waals surface area (Å²) in [5, 5.41) is 40.8. The Balaban J connectivity index is 2.48. The van der Waals surface area contributed by atoms with Gasteiger partial charge >= 0.3 is 5.69 Å². The van der Waals surface area contributed by atoms with Crippen molar-refractivity contribution < 1.29 is 24.7 Å². The van der Waals surface area contributed by atoms with E-state index in [1.54, 1.807) is 25.4 Å². The second kappa shape index (κ2) is 8.78. The van der Waals surface area contributed by atoms with Crippen LogP contribution in [0, 0.1) is 21.4 Å². The fourth-order valence-electron chi connectivity index (χ4n) is 2.66. The van der Waals surface area contributed by atoms with Gasteiger partial charge in [0.2, 0.25) is 5.75 Å². The minimum Gasteiger partial charge on any atom is -0.506 e. The number of methoxy groups -OCH3 is 1. The van der Waals surface area contributed by atoms with Crippen molar-refractivity contribution in [3.05, 3.63) is 67.6 Å². The number of hydrogen-bond donors (Lipinski definition) is 2. The number of benzene rings is 1. The number of nitriles is 1. The normalized spacial score (nSPS) is 11.3. The third-order valence-corrected chi connectivity index (χ3v) is 4.26. The van der Waals surface area contributed by atoms with Crippen molar-refractivity contribution in [1.29, 1.82) is 5.26 Å². The summed E-state index contributed by atoms with van der Waals surface area (Å²) in [7, 11) is 4.03. The predicted octanol–water partition coefficient (Wildman–Crippen LogP) is 1.46. The summed E-state index contributed by atoms with van der Waals surface area (Å²) in [6.07, 6.45) is 1.55. The molecule has 30 heavy (non-hydrogen) atoms. The largest absolute Gasteiger partial charge is 0.506 e. The molecule has 1 aromatic carbocycles. The zero-order valence-electron chi connectivity index (χ0n) is 16.3. The fourth-order valence-corrected chi connectivity index (χ4v) is 2.66. The number of phenols is 1. The van der Waals surface area contributed by atoms with Crippen molar-refractivity contribution in [2.24, 2.45) is 7.05 Å². The molecule has 0 aliphatic heterocycles. The van der Waals surface area contributed by atoms with Crippen LogP contribution in [-0.4, -0.2) is 44.7 Å². The maximum atomic E-state index is 12.7. The summed E-state index contributed by atoms with van der Waals surface area (Å²) in [5.41, 5.74) is -1.79. The number of nitrogens with zero attached hydrogens (tertiary/aromatic N) is 4. The number of amides is 1. The van der Waals surface area contributed by atoms with Crippen molar-refractivity contribution in [3.63, 3.8) is 0 Å². The van der Waals surface area contributed by atoms with Gasteiger partial charge in [0.05, 0.1) is 18.6 Å². The first-order valence-corrected chi connectivity index (χ1v) is 8.41. The van der Waals surface area contributed by atoms with Crippen molar-refractivity contribution >= 4 is 17.4 Å². The first kappa shape index (κ1) is 22.0. The van der Waals surface area contributed by atoms with Crippen LogP contribution in [0.15, 0.2) is 40.8 Å². The lowest BCUT2D eigenvalue weighted by Crippen LogP contribution is -2.31. The maximum Gasteiger partial charge on any atom is 0.315 e. The third-order valence-electron chi connectivity index (χ3n) is 4.26. The van der Waals surface area contributed by atoms with Gasteiger partial charge in [0.25, 0.3) is 11.5 Å². The monoisotopic (exact) mass is 414 g/mol. The topological polar surface area (TPSA) is 159 Å². The van der Waals surface area contributed by atoms with E-state index in [0.717, 1.165) is 24.1 Å². The van der Waals surface area contributed by atoms with Crippen LogP contribution >= 0.6 is 0 Å². The highest BCUT2D eigenvalue weighted by Gasteiger charge is 2.26. The Hall–Kier alpha value is -4.33. The number of aryl methyl sites for hydroxylation is 1. The molecule has 1 aromatic heterocycles. The maximum absolute atomic E-state index is 12.7. The van der Waals surface area contributed by atoms with E-state index in [1.807, 2.05) is 0 Å². The van der Waals surface area contributed by atoms with E-state index in [9.17, 15) is 35.2 Å². The number of likely N-dealkylation sites (N-methyl/N-ethyl adjacent to an activating group) is 1. The molecule has 0 atom stereocenters. The molecule has 1 heterocycles. The molecule has 0 bridgehead atoms. The molecule has 0 fully saturated rings. The average Bonchev–Trinajstić information content (AvgIpc) is 2.71. The number of phenolic OH excluding ortho intramolecular Hbond substituents is 1. The Labute approximate surface area is 170 Å². The molecule has 2 N–H and O–H groups in total. The molecule has 156 valence electrons. The second-order valence-electron chi connectivity index (χ2n) is 6.25. The van der Waals surface area contributed by atoms with E-state index in [0.29, 0.717) is 0 Å². The zero-order valence-corrected chi connectivity index (χ0v) is 16.3. The SMILES string of the molecule is COc1cc(/C(O)=C(\C#N)C(=O)N(C)Cc2cccn(C)c2=O)cc([N+](=O)[O-])c1O. The van der Waals surface area contributed by atoms with Crippen molar-refractivity contribution in [2.45, 2.75) is 6.54 Å². The van der Waals surface area contributed by atoms with Gasteiger partial charge in [0, 0.05) is 37.5 Å². The Morgan fingerprint density at radius 1 is 1.43 bits per heavy atom. The molecule has 1 amide bonds. The second-order valence-corrected chi connectivity index (χ2v) is 6.25. The Bertz CT molecular complexity index is 1140. The molecular weight excluding hydrogens is 396 g/mol. The van der Waals surface area contributed by atoms with Crippen LogP contribution in [-0.2, 0) is 18.4 Å². The zero-order chi connectivity index (χ0) is 22.6. The Morgan fingerprint density at radius 3 is 2.67 bits per heavy atom. The molecule has 0 saturated carbocycles. The van der Waals surface area contributed by atoms with Gasteiger partial charge in [-0.05, 0) is 12.1 Å². The summed E-state index contributed by atoms with van der Waals surface area (Å²) in [6.45, 7) is -0.135. The lowest BCUT2D eigenvalue weighted by Gasteiger charge is -2.17. The van der Waals surface area contributed by atoms with Crippen LogP contribution in [0.1, 0.15) is 11.1 Å². The van der Waals surface area contributed by atoms with Gasteiger partial charge in [-0.25, -0.2) is 0 Å². The molecule has 0 saturated heterocycles. The van der Waals surface area contributed by atoms with E-state index in [2.05, 4.69) is 0 Å². The molecule has 0 radical (unpaired) electrons. The average molecular weight is 414 g/mol. The van der Waals surface area contributed by atoms with E-state index in [1.165, 1.54) is 17.7 Å². The van der Waals surface area contributed by atoms with E-state index >= 15 is 0 Å². The summed E-state index contributed by atoms with van der Waals surface area (Å²) < 4.78 is 6.18. The number of rotatable bonds is 6. The van der Waals surface area contributed by atoms with Crippen molar-refractivity contribution in [2.75, 3.05) is 14.2 Å². The van der Waals surface area contributed by atoms with Crippen LogP contribution in [0.5, 0.6) is 11.5 Å². The number of pyridine rings is 1. The highest BCUT2D eigenvalue weighted by molar-refractivity contribution is 6.03. The van der Waals surface area contributed by atoms with Gasteiger partial charge in [-0.15, -0.1) is 0 Å². The van der Waals surface area contributed by atoms with Gasteiger partial charge in [0.15, 0.2) is 11.3 Å². The van der Waals surface area contributed by atoms with Crippen molar-refractivity contribution in [3.8, 4) is 17.6 Å². The van der Waals surface area contributed by atoms with Crippen molar-refractivity contribution in [1.82, 2.24) is 9.47 Å². The number of aliphatic hydroxyl groups excluding tert-OH is 1. The van der Waals surface area contributed by atoms with Gasteiger partial charge in [-0.2, -0.15) is 5.26 Å². The minimum absolute atomic E-state index is 0.135. The molecule has 2 rings (SSSR count). The standard InChI is InChI=1S/C19H18N4O7/c1-21-6-4-5-11(18(21)26)10-22(2)19(27)13(9-20)16(24)12-7-14(23(28)29)17(25)15(8-12)30-3/h4-8,24-25H,10H2,1-3H3/b16-13-. The van der Waals surface area contributed by atoms with Crippen LogP contribution in [0.4, 0.5) is 5.69 Å². The first-order chi connectivity index (χ1) is 14.1. The quantitative estimate of drug-likeness (QED) is 0.236. The van der Waals surface area contributed by atoms with Gasteiger partial charge in [0.1, 0.15) is 11.8 Å². The molecule has 11 nitrogen and oxygen atoms in total. The summed E-state index contributed by atoms with van der Waals surface area (Å²) in [5.74, 6) is -2.83. The van der Waals surface area contributed by atoms with E-state index in [-0.39, 0.29) is 29.0 Å². The van der Waals surface area contributed by atoms with Gasteiger partial charge < -0.3 is 24.4 Å². The number of aromatic hydroxyl groups is 1. The van der Waals surface area contributed by atoms with Crippen LogP contribution < -0.4 is 10.3 Å². The summed E-state index contributed by atoms with van der Waals surface area (Å²) >= 11 is 0. The molecule has 0 aliphatic rings. The Kier molecular flexibility index (Phi) is 6.43. The third kappa shape index (κ3) is 4.22. The minimum atomic E-state index is -0.907. The number of nitro benzene ring substituents is 1. The van der Waals surface area contributed by atoms with Gasteiger partial charge in [-0.3, -0.25) is 19.7 Å². The molecule has 0 aliphatic carbocycles. The lowest BCUT2D eigenvalue weighted by atomic mass is 10.1.